The molecule has 1 rings (SSSR count). The third-order valence-corrected chi connectivity index (χ3v) is 2.15. The molecule has 0 atom stereocenters. The lowest BCUT2D eigenvalue weighted by molar-refractivity contribution is 0.0692. The SMILES string of the molecule is COc1cc(CCF)cc(C(=O)O)c1OC. The van der Waals surface area contributed by atoms with Crippen LogP contribution in [0, 0.1) is 0 Å². The normalized spacial score (nSPS) is 9.94. The molecular weight excluding hydrogens is 215 g/mol. The fourth-order valence-corrected chi connectivity index (χ4v) is 1.43. The Morgan fingerprint density at radius 1 is 1.38 bits per heavy atom. The van der Waals surface area contributed by atoms with Gasteiger partial charge in [0.15, 0.2) is 11.5 Å². The molecule has 0 radical (unpaired) electrons. The van der Waals surface area contributed by atoms with Gasteiger partial charge in [0.05, 0.1) is 20.9 Å². The molecule has 16 heavy (non-hydrogen) atoms. The minimum absolute atomic E-state index is 0.0229. The van der Waals surface area contributed by atoms with Crippen molar-refractivity contribution in [2.75, 3.05) is 20.9 Å². The van der Waals surface area contributed by atoms with Gasteiger partial charge in [-0.2, -0.15) is 0 Å². The molecule has 0 fully saturated rings. The first kappa shape index (κ1) is 12.3. The number of ether oxygens (including phenoxy) is 2. The second kappa shape index (κ2) is 5.34. The zero-order valence-corrected chi connectivity index (χ0v) is 9.12. The van der Waals surface area contributed by atoms with Crippen LogP contribution in [-0.4, -0.2) is 32.0 Å². The van der Waals surface area contributed by atoms with E-state index in [9.17, 15) is 9.18 Å². The van der Waals surface area contributed by atoms with Crippen LogP contribution in [0.4, 0.5) is 4.39 Å². The van der Waals surface area contributed by atoms with Crippen molar-refractivity contribution < 1.29 is 23.8 Å². The number of hydrogen-bond donors (Lipinski definition) is 1. The summed E-state index contributed by atoms with van der Waals surface area (Å²) in [5.41, 5.74) is 0.544. The highest BCUT2D eigenvalue weighted by Crippen LogP contribution is 2.32. The number of halogens is 1. The third kappa shape index (κ3) is 2.42. The highest BCUT2D eigenvalue weighted by Gasteiger charge is 2.17. The van der Waals surface area contributed by atoms with E-state index in [1.54, 1.807) is 6.07 Å². The topological polar surface area (TPSA) is 55.8 Å². The number of carbonyl (C=O) groups is 1. The lowest BCUT2D eigenvalue weighted by atomic mass is 10.1. The van der Waals surface area contributed by atoms with Gasteiger partial charge in [-0.05, 0) is 17.7 Å². The van der Waals surface area contributed by atoms with Gasteiger partial charge in [0.25, 0.3) is 0 Å². The van der Waals surface area contributed by atoms with Crippen LogP contribution in [0.25, 0.3) is 0 Å². The summed E-state index contributed by atoms with van der Waals surface area (Å²) in [6.45, 7) is -0.547. The molecular formula is C11H13FO4. The van der Waals surface area contributed by atoms with Crippen molar-refractivity contribution in [3.05, 3.63) is 23.3 Å². The molecule has 0 aliphatic rings. The molecule has 0 spiro atoms. The largest absolute Gasteiger partial charge is 0.493 e. The van der Waals surface area contributed by atoms with Gasteiger partial charge in [0, 0.05) is 6.42 Å². The third-order valence-electron chi connectivity index (χ3n) is 2.15. The molecule has 0 saturated carbocycles. The summed E-state index contributed by atoms with van der Waals surface area (Å²) in [6, 6.07) is 2.97. The number of hydrogen-bond acceptors (Lipinski definition) is 3. The van der Waals surface area contributed by atoms with Crippen LogP contribution in [-0.2, 0) is 6.42 Å². The second-order valence-electron chi connectivity index (χ2n) is 3.12. The van der Waals surface area contributed by atoms with Gasteiger partial charge in [0.1, 0.15) is 5.56 Å². The van der Waals surface area contributed by atoms with E-state index in [0.717, 1.165) is 0 Å². The van der Waals surface area contributed by atoms with Crippen LogP contribution in [0.15, 0.2) is 12.1 Å². The Hall–Kier alpha value is -1.78. The minimum Gasteiger partial charge on any atom is -0.493 e. The van der Waals surface area contributed by atoms with Gasteiger partial charge >= 0.3 is 5.97 Å². The van der Waals surface area contributed by atoms with Gasteiger partial charge in [-0.1, -0.05) is 0 Å². The lowest BCUT2D eigenvalue weighted by Crippen LogP contribution is -2.04. The Morgan fingerprint density at radius 2 is 2.06 bits per heavy atom. The number of benzene rings is 1. The Balaban J connectivity index is 3.31. The van der Waals surface area contributed by atoms with E-state index in [0.29, 0.717) is 11.3 Å². The van der Waals surface area contributed by atoms with E-state index in [1.807, 2.05) is 0 Å². The number of rotatable bonds is 5. The molecule has 0 aliphatic carbocycles. The summed E-state index contributed by atoms with van der Waals surface area (Å²) in [5, 5.41) is 8.98. The van der Waals surface area contributed by atoms with Crippen molar-refractivity contribution in [2.45, 2.75) is 6.42 Å². The van der Waals surface area contributed by atoms with Crippen LogP contribution in [0.5, 0.6) is 11.5 Å². The molecule has 88 valence electrons. The van der Waals surface area contributed by atoms with Gasteiger partial charge < -0.3 is 14.6 Å². The Kier molecular flexibility index (Phi) is 4.10. The highest BCUT2D eigenvalue weighted by atomic mass is 19.1. The zero-order chi connectivity index (χ0) is 12.1. The van der Waals surface area contributed by atoms with Gasteiger partial charge in [-0.3, -0.25) is 4.39 Å². The molecule has 0 bridgehead atoms. The Bertz CT molecular complexity index is 390. The van der Waals surface area contributed by atoms with E-state index in [2.05, 4.69) is 0 Å². The number of aryl methyl sites for hydroxylation is 1. The van der Waals surface area contributed by atoms with Crippen molar-refractivity contribution in [1.82, 2.24) is 0 Å². The minimum atomic E-state index is -1.13. The maximum Gasteiger partial charge on any atom is 0.339 e. The van der Waals surface area contributed by atoms with Gasteiger partial charge in [-0.15, -0.1) is 0 Å². The molecule has 5 heteroatoms. The van der Waals surface area contributed by atoms with Gasteiger partial charge in [-0.25, -0.2) is 4.79 Å². The Morgan fingerprint density at radius 3 is 2.50 bits per heavy atom. The first-order valence-corrected chi connectivity index (χ1v) is 4.68. The molecule has 0 unspecified atom stereocenters. The summed E-state index contributed by atoms with van der Waals surface area (Å²) in [5.74, 6) is -0.681. The second-order valence-corrected chi connectivity index (χ2v) is 3.12. The van der Waals surface area contributed by atoms with E-state index >= 15 is 0 Å². The smallest absolute Gasteiger partial charge is 0.339 e. The molecule has 0 aromatic heterocycles. The fraction of sp³-hybridized carbons (Fsp3) is 0.364. The van der Waals surface area contributed by atoms with Gasteiger partial charge in [0.2, 0.25) is 0 Å². The van der Waals surface area contributed by atoms with E-state index < -0.39 is 12.6 Å². The van der Waals surface area contributed by atoms with Crippen molar-refractivity contribution in [3.8, 4) is 11.5 Å². The van der Waals surface area contributed by atoms with Crippen molar-refractivity contribution >= 4 is 5.97 Å². The molecule has 0 heterocycles. The molecule has 1 N–H and O–H groups in total. The summed E-state index contributed by atoms with van der Waals surface area (Å²) in [7, 11) is 2.77. The number of carboxylic acid groups (broad SMARTS) is 1. The van der Waals surface area contributed by atoms with Crippen LogP contribution >= 0.6 is 0 Å². The maximum atomic E-state index is 12.2. The average molecular weight is 228 g/mol. The first-order chi connectivity index (χ1) is 7.63. The summed E-state index contributed by atoms with van der Waals surface area (Å²) < 4.78 is 22.2. The zero-order valence-electron chi connectivity index (χ0n) is 9.12. The number of aromatic carboxylic acids is 1. The number of carboxylic acids is 1. The van der Waals surface area contributed by atoms with Crippen molar-refractivity contribution in [3.63, 3.8) is 0 Å². The van der Waals surface area contributed by atoms with Crippen molar-refractivity contribution in [1.29, 1.82) is 0 Å². The lowest BCUT2D eigenvalue weighted by Gasteiger charge is -2.12. The molecule has 0 saturated heterocycles. The maximum absolute atomic E-state index is 12.2. The van der Waals surface area contributed by atoms with E-state index in [-0.39, 0.29) is 17.7 Å². The predicted octanol–water partition coefficient (Wildman–Crippen LogP) is 1.91. The predicted molar refractivity (Wildman–Crippen MR) is 56.2 cm³/mol. The summed E-state index contributed by atoms with van der Waals surface area (Å²) >= 11 is 0. The summed E-state index contributed by atoms with van der Waals surface area (Å²) in [6.07, 6.45) is 0.153. The molecule has 1 aromatic carbocycles. The quantitative estimate of drug-likeness (QED) is 0.836. The average Bonchev–Trinajstić information content (AvgIpc) is 2.28. The van der Waals surface area contributed by atoms with Crippen LogP contribution in [0.2, 0.25) is 0 Å². The van der Waals surface area contributed by atoms with Crippen LogP contribution < -0.4 is 9.47 Å². The molecule has 4 nitrogen and oxygen atoms in total. The van der Waals surface area contributed by atoms with E-state index in [4.69, 9.17) is 14.6 Å². The standard InChI is InChI=1S/C11H13FO4/c1-15-9-6-7(3-4-12)5-8(11(13)14)10(9)16-2/h5-6H,3-4H2,1-2H3,(H,13,14). The Labute approximate surface area is 92.6 Å². The monoisotopic (exact) mass is 228 g/mol. The first-order valence-electron chi connectivity index (χ1n) is 4.68. The molecule has 0 aliphatic heterocycles. The summed E-state index contributed by atoms with van der Waals surface area (Å²) in [4.78, 5) is 11.0. The molecule has 0 amide bonds. The number of alkyl halides is 1. The number of methoxy groups -OCH3 is 2. The van der Waals surface area contributed by atoms with E-state index in [1.165, 1.54) is 20.3 Å². The van der Waals surface area contributed by atoms with Crippen molar-refractivity contribution in [2.24, 2.45) is 0 Å². The van der Waals surface area contributed by atoms with Crippen LogP contribution in [0.1, 0.15) is 15.9 Å². The van der Waals surface area contributed by atoms with Crippen LogP contribution in [0.3, 0.4) is 0 Å². The highest BCUT2D eigenvalue weighted by molar-refractivity contribution is 5.92. The molecule has 1 aromatic rings. The fourth-order valence-electron chi connectivity index (χ4n) is 1.43.